The van der Waals surface area contributed by atoms with Crippen molar-refractivity contribution >= 4 is 17.7 Å². The number of ether oxygens (including phenoxy) is 1. The van der Waals surface area contributed by atoms with Gasteiger partial charge in [0, 0.05) is 17.6 Å². The number of carboxylic acids is 1. The average Bonchev–Trinajstić information content (AvgIpc) is 3.06. The van der Waals surface area contributed by atoms with Crippen LogP contribution in [0.1, 0.15) is 41.3 Å². The molecule has 0 bridgehead atoms. The summed E-state index contributed by atoms with van der Waals surface area (Å²) in [7, 11) is 0. The van der Waals surface area contributed by atoms with Gasteiger partial charge in [0.2, 0.25) is 0 Å². The molecule has 4 rings (SSSR count). The van der Waals surface area contributed by atoms with Crippen molar-refractivity contribution in [2.24, 2.45) is 0 Å². The second kappa shape index (κ2) is 8.03. The van der Waals surface area contributed by atoms with Crippen molar-refractivity contribution in [1.29, 1.82) is 0 Å². The first-order valence-electron chi connectivity index (χ1n) is 9.95. The van der Waals surface area contributed by atoms with E-state index in [2.05, 4.69) is 24.3 Å². The lowest BCUT2D eigenvalue weighted by molar-refractivity contribution is 0.0697. The molecule has 1 aliphatic carbocycles. The Morgan fingerprint density at radius 3 is 1.93 bits per heavy atom. The zero-order valence-corrected chi connectivity index (χ0v) is 16.9. The Morgan fingerprint density at radius 2 is 1.43 bits per heavy atom. The number of carboxylic acid groups (broad SMARTS) is 1. The highest BCUT2D eigenvalue weighted by molar-refractivity contribution is 5.91. The quantitative estimate of drug-likeness (QED) is 0.609. The van der Waals surface area contributed by atoms with Crippen molar-refractivity contribution in [3.05, 3.63) is 89.5 Å². The Kier molecular flexibility index (Phi) is 5.27. The molecular weight excluding hydrogens is 378 g/mol. The van der Waals surface area contributed by atoms with Crippen LogP contribution in [0.15, 0.2) is 72.8 Å². The van der Waals surface area contributed by atoms with Gasteiger partial charge in [-0.3, -0.25) is 4.90 Å². The van der Waals surface area contributed by atoms with Gasteiger partial charge < -0.3 is 9.84 Å². The van der Waals surface area contributed by atoms with E-state index in [-0.39, 0.29) is 24.1 Å². The first-order chi connectivity index (χ1) is 14.5. The molecule has 0 heterocycles. The second-order valence-corrected chi connectivity index (χ2v) is 7.62. The van der Waals surface area contributed by atoms with Crippen LogP contribution >= 0.6 is 0 Å². The van der Waals surface area contributed by atoms with Gasteiger partial charge in [-0.2, -0.15) is 0 Å². The summed E-state index contributed by atoms with van der Waals surface area (Å²) in [4.78, 5) is 25.6. The third kappa shape index (κ3) is 3.54. The number of carbonyl (C=O) groups is 2. The van der Waals surface area contributed by atoms with E-state index >= 15 is 0 Å². The number of aromatic carboxylic acids is 1. The van der Waals surface area contributed by atoms with Gasteiger partial charge in [0.15, 0.2) is 0 Å². The highest BCUT2D eigenvalue weighted by Gasteiger charge is 2.30. The minimum atomic E-state index is -1.00. The number of benzene rings is 3. The van der Waals surface area contributed by atoms with Gasteiger partial charge in [-0.25, -0.2) is 9.59 Å². The highest BCUT2D eigenvalue weighted by atomic mass is 16.6. The molecule has 0 aliphatic heterocycles. The monoisotopic (exact) mass is 401 g/mol. The molecule has 152 valence electrons. The molecule has 1 amide bonds. The lowest BCUT2D eigenvalue weighted by atomic mass is 9.98. The number of rotatable bonds is 5. The third-order valence-corrected chi connectivity index (χ3v) is 5.44. The van der Waals surface area contributed by atoms with Crippen LogP contribution in [0, 0.1) is 0 Å². The minimum Gasteiger partial charge on any atom is -0.478 e. The van der Waals surface area contributed by atoms with Crippen LogP contribution in [0.2, 0.25) is 0 Å². The predicted molar refractivity (Wildman–Crippen MR) is 116 cm³/mol. The van der Waals surface area contributed by atoms with Crippen LogP contribution in [0.4, 0.5) is 10.5 Å². The van der Waals surface area contributed by atoms with Crippen molar-refractivity contribution in [3.8, 4) is 11.1 Å². The molecule has 0 atom stereocenters. The molecule has 30 heavy (non-hydrogen) atoms. The van der Waals surface area contributed by atoms with Crippen LogP contribution in [-0.4, -0.2) is 29.8 Å². The molecule has 5 heteroatoms. The number of carbonyl (C=O) groups excluding carboxylic acids is 1. The van der Waals surface area contributed by atoms with Crippen molar-refractivity contribution in [2.75, 3.05) is 11.5 Å². The molecule has 0 fully saturated rings. The second-order valence-electron chi connectivity index (χ2n) is 7.62. The molecule has 3 aromatic carbocycles. The summed E-state index contributed by atoms with van der Waals surface area (Å²) >= 11 is 0. The Hall–Kier alpha value is -3.60. The molecule has 1 N–H and O–H groups in total. The van der Waals surface area contributed by atoms with Gasteiger partial charge in [0.05, 0.1) is 5.56 Å². The Bertz CT molecular complexity index is 1040. The molecule has 0 aromatic heterocycles. The standard InChI is InChI=1S/C25H23NO4/c1-16(2)26(18-13-11-17(12-14-18)24(27)28)25(29)30-15-23-21-9-5-3-7-19(21)20-8-4-6-10-22(20)23/h3-14,16,23H,15H2,1-2H3,(H,27,28). The van der Waals surface area contributed by atoms with Crippen LogP contribution in [0.5, 0.6) is 0 Å². The fraction of sp³-hybridized carbons (Fsp3) is 0.200. The van der Waals surface area contributed by atoms with Crippen molar-refractivity contribution in [1.82, 2.24) is 0 Å². The van der Waals surface area contributed by atoms with Gasteiger partial charge in [-0.05, 0) is 60.4 Å². The zero-order chi connectivity index (χ0) is 21.3. The SMILES string of the molecule is CC(C)N(C(=O)OCC1c2ccccc2-c2ccccc21)c1ccc(C(=O)O)cc1. The van der Waals surface area contributed by atoms with Gasteiger partial charge in [0.1, 0.15) is 6.61 Å². The summed E-state index contributed by atoms with van der Waals surface area (Å²) in [6.45, 7) is 4.03. The Morgan fingerprint density at radius 1 is 0.900 bits per heavy atom. The fourth-order valence-corrected chi connectivity index (χ4v) is 4.04. The van der Waals surface area contributed by atoms with E-state index in [1.807, 2.05) is 38.1 Å². The largest absolute Gasteiger partial charge is 0.478 e. The molecular formula is C25H23NO4. The van der Waals surface area contributed by atoms with E-state index in [0.29, 0.717) is 5.69 Å². The summed E-state index contributed by atoms with van der Waals surface area (Å²) in [6, 6.07) is 22.5. The average molecular weight is 401 g/mol. The van der Waals surface area contributed by atoms with Gasteiger partial charge in [-0.15, -0.1) is 0 Å². The lowest BCUT2D eigenvalue weighted by Gasteiger charge is -2.27. The van der Waals surface area contributed by atoms with Gasteiger partial charge in [-0.1, -0.05) is 48.5 Å². The summed E-state index contributed by atoms with van der Waals surface area (Å²) < 4.78 is 5.77. The normalized spacial score (nSPS) is 12.4. The van der Waals surface area contributed by atoms with E-state index in [1.165, 1.54) is 23.3 Å². The van der Waals surface area contributed by atoms with E-state index in [9.17, 15) is 9.59 Å². The zero-order valence-electron chi connectivity index (χ0n) is 16.9. The van der Waals surface area contributed by atoms with Crippen molar-refractivity contribution < 1.29 is 19.4 Å². The predicted octanol–water partition coefficient (Wildman–Crippen LogP) is 5.55. The van der Waals surface area contributed by atoms with Crippen LogP contribution < -0.4 is 4.90 Å². The topological polar surface area (TPSA) is 66.8 Å². The summed E-state index contributed by atoms with van der Waals surface area (Å²) in [5, 5.41) is 9.09. The van der Waals surface area contributed by atoms with Crippen LogP contribution in [0.3, 0.4) is 0 Å². The molecule has 0 saturated carbocycles. The maximum Gasteiger partial charge on any atom is 0.414 e. The minimum absolute atomic E-state index is 0.00949. The Balaban J connectivity index is 1.55. The van der Waals surface area contributed by atoms with E-state index in [1.54, 1.807) is 17.0 Å². The maximum atomic E-state index is 13.0. The number of fused-ring (bicyclic) bond motifs is 3. The summed E-state index contributed by atoms with van der Waals surface area (Å²) in [5.41, 5.74) is 5.46. The van der Waals surface area contributed by atoms with Gasteiger partial charge in [0.25, 0.3) is 0 Å². The molecule has 3 aromatic rings. The summed E-state index contributed by atoms with van der Waals surface area (Å²) in [6.07, 6.45) is -0.449. The highest BCUT2D eigenvalue weighted by Crippen LogP contribution is 2.44. The van der Waals surface area contributed by atoms with Crippen molar-refractivity contribution in [3.63, 3.8) is 0 Å². The van der Waals surface area contributed by atoms with E-state index in [0.717, 1.165) is 11.1 Å². The maximum absolute atomic E-state index is 13.0. The number of amides is 1. The van der Waals surface area contributed by atoms with Crippen molar-refractivity contribution in [2.45, 2.75) is 25.8 Å². The van der Waals surface area contributed by atoms with Gasteiger partial charge >= 0.3 is 12.1 Å². The molecule has 5 nitrogen and oxygen atoms in total. The molecule has 1 aliphatic rings. The summed E-state index contributed by atoms with van der Waals surface area (Å²) in [5.74, 6) is -1.01. The van der Waals surface area contributed by atoms with E-state index in [4.69, 9.17) is 9.84 Å². The smallest absolute Gasteiger partial charge is 0.414 e. The lowest BCUT2D eigenvalue weighted by Crippen LogP contribution is -2.38. The number of anilines is 1. The third-order valence-electron chi connectivity index (χ3n) is 5.44. The first-order valence-corrected chi connectivity index (χ1v) is 9.95. The van der Waals surface area contributed by atoms with E-state index < -0.39 is 12.1 Å². The molecule has 0 spiro atoms. The molecule has 0 unspecified atom stereocenters. The number of hydrogen-bond donors (Lipinski definition) is 1. The Labute approximate surface area is 175 Å². The molecule has 0 saturated heterocycles. The number of hydrogen-bond acceptors (Lipinski definition) is 3. The van der Waals surface area contributed by atoms with Crippen LogP contribution in [-0.2, 0) is 4.74 Å². The first kappa shape index (κ1) is 19.7. The fourth-order valence-electron chi connectivity index (χ4n) is 4.04. The van der Waals surface area contributed by atoms with Crippen LogP contribution in [0.25, 0.3) is 11.1 Å². The number of nitrogens with zero attached hydrogens (tertiary/aromatic N) is 1. The molecule has 0 radical (unpaired) electrons.